The molecule has 2 N–H and O–H groups in total. The highest BCUT2D eigenvalue weighted by Crippen LogP contribution is 2.12. The molecule has 96 valence electrons. The van der Waals surface area contributed by atoms with Gasteiger partial charge in [-0.05, 0) is 24.8 Å². The van der Waals surface area contributed by atoms with Crippen LogP contribution in [-0.4, -0.2) is 33.3 Å². The van der Waals surface area contributed by atoms with Crippen LogP contribution in [-0.2, 0) is 10.0 Å². The van der Waals surface area contributed by atoms with Crippen molar-refractivity contribution in [2.45, 2.75) is 46.1 Å². The molecule has 1 fully saturated rings. The third-order valence-electron chi connectivity index (χ3n) is 2.66. The van der Waals surface area contributed by atoms with Gasteiger partial charge in [0.25, 0.3) is 0 Å². The Morgan fingerprint density at radius 2 is 2.00 bits per heavy atom. The molecule has 4 nitrogen and oxygen atoms in total. The van der Waals surface area contributed by atoms with E-state index in [9.17, 15) is 8.42 Å². The second kappa shape index (κ2) is 5.47. The second-order valence-electron chi connectivity index (χ2n) is 5.81. The quantitative estimate of drug-likeness (QED) is 0.783. The summed E-state index contributed by atoms with van der Waals surface area (Å²) in [5.41, 5.74) is -0.00688. The van der Waals surface area contributed by atoms with Crippen LogP contribution in [0.3, 0.4) is 0 Å². The molecule has 1 saturated heterocycles. The van der Waals surface area contributed by atoms with Gasteiger partial charge in [-0.15, -0.1) is 0 Å². The smallest absolute Gasteiger partial charge is 0.213 e. The van der Waals surface area contributed by atoms with Gasteiger partial charge >= 0.3 is 0 Å². The first-order valence-corrected chi connectivity index (χ1v) is 7.64. The maximum absolute atomic E-state index is 11.8. The highest BCUT2D eigenvalue weighted by atomic mass is 32.2. The summed E-state index contributed by atoms with van der Waals surface area (Å²) in [4.78, 5) is 0. The van der Waals surface area contributed by atoms with E-state index in [0.717, 1.165) is 25.8 Å². The first kappa shape index (κ1) is 13.9. The van der Waals surface area contributed by atoms with E-state index >= 15 is 0 Å². The SMILES string of the molecule is CC(C)(C)CNS(=O)(=O)CC1CCCCN1. The van der Waals surface area contributed by atoms with Crippen molar-refractivity contribution < 1.29 is 8.42 Å². The zero-order valence-electron chi connectivity index (χ0n) is 10.5. The lowest BCUT2D eigenvalue weighted by atomic mass is 9.98. The maximum Gasteiger partial charge on any atom is 0.213 e. The summed E-state index contributed by atoms with van der Waals surface area (Å²) in [7, 11) is -3.13. The summed E-state index contributed by atoms with van der Waals surface area (Å²) in [6, 6.07) is 0.131. The molecular weight excluding hydrogens is 224 g/mol. The average molecular weight is 248 g/mol. The Kier molecular flexibility index (Phi) is 4.76. The third-order valence-corrected chi connectivity index (χ3v) is 4.08. The average Bonchev–Trinajstić information content (AvgIpc) is 2.15. The zero-order valence-corrected chi connectivity index (χ0v) is 11.4. The number of hydrogen-bond donors (Lipinski definition) is 2. The van der Waals surface area contributed by atoms with Gasteiger partial charge in [-0.1, -0.05) is 27.2 Å². The molecule has 1 atom stereocenters. The molecular formula is C11H24N2O2S. The first-order valence-electron chi connectivity index (χ1n) is 5.99. The predicted molar refractivity (Wildman–Crippen MR) is 66.9 cm³/mol. The summed E-state index contributed by atoms with van der Waals surface area (Å²) < 4.78 is 26.3. The van der Waals surface area contributed by atoms with E-state index in [2.05, 4.69) is 10.0 Å². The summed E-state index contributed by atoms with van der Waals surface area (Å²) in [6.45, 7) is 7.51. The number of sulfonamides is 1. The number of nitrogens with one attached hydrogen (secondary N) is 2. The summed E-state index contributed by atoms with van der Waals surface area (Å²) >= 11 is 0. The Balaban J connectivity index is 2.38. The lowest BCUT2D eigenvalue weighted by molar-refractivity contribution is 0.400. The van der Waals surface area contributed by atoms with E-state index in [1.165, 1.54) is 0 Å². The molecule has 1 rings (SSSR count). The van der Waals surface area contributed by atoms with Gasteiger partial charge in [-0.25, -0.2) is 13.1 Å². The Morgan fingerprint density at radius 1 is 1.31 bits per heavy atom. The van der Waals surface area contributed by atoms with E-state index in [0.29, 0.717) is 6.54 Å². The number of rotatable bonds is 4. The molecule has 0 aromatic heterocycles. The van der Waals surface area contributed by atoms with Crippen LogP contribution < -0.4 is 10.0 Å². The third kappa shape index (κ3) is 5.82. The van der Waals surface area contributed by atoms with Crippen LogP contribution in [0.15, 0.2) is 0 Å². The van der Waals surface area contributed by atoms with Gasteiger partial charge in [0, 0.05) is 12.6 Å². The monoisotopic (exact) mass is 248 g/mol. The van der Waals surface area contributed by atoms with Crippen LogP contribution in [0.2, 0.25) is 0 Å². The van der Waals surface area contributed by atoms with Gasteiger partial charge in [0.1, 0.15) is 0 Å². The van der Waals surface area contributed by atoms with Crippen molar-refractivity contribution in [2.24, 2.45) is 5.41 Å². The second-order valence-corrected chi connectivity index (χ2v) is 7.66. The van der Waals surface area contributed by atoms with Crippen molar-refractivity contribution in [3.05, 3.63) is 0 Å². The van der Waals surface area contributed by atoms with E-state index in [-0.39, 0.29) is 17.2 Å². The molecule has 1 heterocycles. The molecule has 16 heavy (non-hydrogen) atoms. The molecule has 0 amide bonds. The molecule has 0 radical (unpaired) electrons. The minimum Gasteiger partial charge on any atom is -0.313 e. The molecule has 0 spiro atoms. The fourth-order valence-electron chi connectivity index (χ4n) is 1.72. The minimum absolute atomic E-state index is 0.00688. The molecule has 1 aliphatic heterocycles. The highest BCUT2D eigenvalue weighted by Gasteiger charge is 2.22. The predicted octanol–water partition coefficient (Wildman–Crippen LogP) is 1.09. The number of hydrogen-bond acceptors (Lipinski definition) is 3. The fraction of sp³-hybridized carbons (Fsp3) is 1.00. The van der Waals surface area contributed by atoms with Crippen molar-refractivity contribution in [3.63, 3.8) is 0 Å². The van der Waals surface area contributed by atoms with Gasteiger partial charge in [-0.3, -0.25) is 0 Å². The largest absolute Gasteiger partial charge is 0.313 e. The van der Waals surface area contributed by atoms with Crippen LogP contribution in [0.1, 0.15) is 40.0 Å². The Hall–Kier alpha value is -0.130. The normalized spacial score (nSPS) is 23.3. The molecule has 0 aromatic carbocycles. The van der Waals surface area contributed by atoms with Crippen molar-refractivity contribution >= 4 is 10.0 Å². The first-order chi connectivity index (χ1) is 7.29. The standard InChI is InChI=1S/C11H24N2O2S/c1-11(2,3)9-13-16(14,15)8-10-6-4-5-7-12-10/h10,12-13H,4-9H2,1-3H3. The van der Waals surface area contributed by atoms with Crippen LogP contribution in [0.4, 0.5) is 0 Å². The van der Waals surface area contributed by atoms with Gasteiger partial charge in [-0.2, -0.15) is 0 Å². The molecule has 0 saturated carbocycles. The highest BCUT2D eigenvalue weighted by molar-refractivity contribution is 7.89. The van der Waals surface area contributed by atoms with E-state index in [1.54, 1.807) is 0 Å². The molecule has 1 aliphatic rings. The number of piperidine rings is 1. The van der Waals surface area contributed by atoms with E-state index < -0.39 is 10.0 Å². The van der Waals surface area contributed by atoms with Crippen LogP contribution in [0.5, 0.6) is 0 Å². The van der Waals surface area contributed by atoms with Crippen LogP contribution in [0, 0.1) is 5.41 Å². The van der Waals surface area contributed by atoms with Crippen molar-refractivity contribution in [2.75, 3.05) is 18.8 Å². The Labute approximate surface area is 99.2 Å². The topological polar surface area (TPSA) is 58.2 Å². The lowest BCUT2D eigenvalue weighted by Gasteiger charge is -2.24. The molecule has 0 bridgehead atoms. The molecule has 1 unspecified atom stereocenters. The van der Waals surface area contributed by atoms with Crippen molar-refractivity contribution in [1.82, 2.24) is 10.0 Å². The lowest BCUT2D eigenvalue weighted by Crippen LogP contribution is -2.44. The van der Waals surface area contributed by atoms with E-state index in [4.69, 9.17) is 0 Å². The Morgan fingerprint density at radius 3 is 2.50 bits per heavy atom. The van der Waals surface area contributed by atoms with Crippen molar-refractivity contribution in [1.29, 1.82) is 0 Å². The summed E-state index contributed by atoms with van der Waals surface area (Å²) in [6.07, 6.45) is 3.26. The van der Waals surface area contributed by atoms with Gasteiger partial charge in [0.05, 0.1) is 5.75 Å². The summed E-state index contributed by atoms with van der Waals surface area (Å²) in [5, 5.41) is 3.25. The summed E-state index contributed by atoms with van der Waals surface area (Å²) in [5.74, 6) is 0.211. The molecule has 5 heteroatoms. The Bertz CT molecular complexity index is 300. The minimum atomic E-state index is -3.13. The van der Waals surface area contributed by atoms with Crippen LogP contribution >= 0.6 is 0 Å². The van der Waals surface area contributed by atoms with Crippen molar-refractivity contribution in [3.8, 4) is 0 Å². The van der Waals surface area contributed by atoms with E-state index in [1.807, 2.05) is 20.8 Å². The van der Waals surface area contributed by atoms with Gasteiger partial charge in [0.2, 0.25) is 10.0 Å². The maximum atomic E-state index is 11.8. The molecule has 0 aliphatic carbocycles. The van der Waals surface area contributed by atoms with Gasteiger partial charge in [0.15, 0.2) is 0 Å². The van der Waals surface area contributed by atoms with Crippen LogP contribution in [0.25, 0.3) is 0 Å². The van der Waals surface area contributed by atoms with Gasteiger partial charge < -0.3 is 5.32 Å². The fourth-order valence-corrected chi connectivity index (χ4v) is 3.30. The molecule has 0 aromatic rings. The zero-order chi connectivity index (χ0) is 12.2.